The van der Waals surface area contributed by atoms with Crippen LogP contribution in [0.5, 0.6) is 23.0 Å². The first-order valence-corrected chi connectivity index (χ1v) is 15.6. The number of ether oxygens (including phenoxy) is 4. The fourth-order valence-electron chi connectivity index (χ4n) is 5.66. The molecule has 3 aromatic carbocycles. The van der Waals surface area contributed by atoms with Gasteiger partial charge in [0.25, 0.3) is 5.91 Å². The van der Waals surface area contributed by atoms with E-state index in [9.17, 15) is 9.59 Å². The van der Waals surface area contributed by atoms with Gasteiger partial charge in [0.2, 0.25) is 12.7 Å². The maximum Gasteiger partial charge on any atom is 0.251 e. The third-order valence-electron chi connectivity index (χ3n) is 8.06. The second kappa shape index (κ2) is 14.8. The van der Waals surface area contributed by atoms with Gasteiger partial charge in [-0.25, -0.2) is 0 Å². The molecule has 240 valence electrons. The van der Waals surface area contributed by atoms with E-state index in [1.165, 1.54) is 0 Å². The number of aryl methyl sites for hydroxylation is 1. The largest absolute Gasteiger partial charge is 0.490 e. The summed E-state index contributed by atoms with van der Waals surface area (Å²) in [7, 11) is 0. The molecule has 1 aliphatic carbocycles. The van der Waals surface area contributed by atoms with Crippen molar-refractivity contribution in [2.45, 2.75) is 44.8 Å². The van der Waals surface area contributed by atoms with Crippen LogP contribution >= 0.6 is 35.6 Å². The molecule has 9 nitrogen and oxygen atoms in total. The molecule has 2 amide bonds. The highest BCUT2D eigenvalue weighted by atomic mass is 35.5. The van der Waals surface area contributed by atoms with Crippen LogP contribution in [0.4, 0.5) is 0 Å². The minimum atomic E-state index is -0.375. The predicted octanol–water partition coefficient (Wildman–Crippen LogP) is 5.81. The Hall–Kier alpha value is -3.37. The van der Waals surface area contributed by atoms with E-state index in [1.807, 2.05) is 30.0 Å². The summed E-state index contributed by atoms with van der Waals surface area (Å²) in [5, 5.41) is 7.38. The number of hydrogen-bond donors (Lipinski definition) is 2. The van der Waals surface area contributed by atoms with Crippen molar-refractivity contribution in [1.29, 1.82) is 0 Å². The molecule has 1 saturated carbocycles. The molecular weight excluding hydrogens is 641 g/mol. The van der Waals surface area contributed by atoms with Gasteiger partial charge in [0.05, 0.1) is 16.0 Å². The van der Waals surface area contributed by atoms with Gasteiger partial charge in [0, 0.05) is 36.3 Å². The summed E-state index contributed by atoms with van der Waals surface area (Å²) in [6.45, 7) is 4.30. The molecule has 0 bridgehead atoms. The fourth-order valence-corrected chi connectivity index (χ4v) is 6.36. The number of fused-ring (bicyclic) bond motifs is 1. The summed E-state index contributed by atoms with van der Waals surface area (Å²) in [5.74, 6) is 1.88. The number of piperidine rings is 1. The van der Waals surface area contributed by atoms with Gasteiger partial charge < -0.3 is 34.5 Å². The molecule has 2 aliphatic heterocycles. The Kier molecular flexibility index (Phi) is 10.9. The molecule has 1 saturated heterocycles. The van der Waals surface area contributed by atoms with Gasteiger partial charge in [-0.15, -0.1) is 12.4 Å². The average Bonchev–Trinajstić information content (AvgIpc) is 3.74. The summed E-state index contributed by atoms with van der Waals surface area (Å²) >= 11 is 12.5. The number of carbonyl (C=O) groups is 2. The highest BCUT2D eigenvalue weighted by Gasteiger charge is 2.40. The van der Waals surface area contributed by atoms with E-state index >= 15 is 0 Å². The number of amides is 2. The number of nitrogens with zero attached hydrogens (tertiary/aromatic N) is 1. The Balaban J connectivity index is 0.00000400. The summed E-state index contributed by atoms with van der Waals surface area (Å²) in [6, 6.07) is 16.2. The van der Waals surface area contributed by atoms with Crippen molar-refractivity contribution in [2.24, 2.45) is 5.92 Å². The van der Waals surface area contributed by atoms with E-state index in [1.54, 1.807) is 36.4 Å². The average molecular weight is 677 g/mol. The van der Waals surface area contributed by atoms with Crippen LogP contribution in [0.2, 0.25) is 10.0 Å². The van der Waals surface area contributed by atoms with Crippen LogP contribution in [0.25, 0.3) is 0 Å². The molecule has 3 aliphatic rings. The van der Waals surface area contributed by atoms with Crippen LogP contribution in [0.1, 0.15) is 40.7 Å². The van der Waals surface area contributed by atoms with Crippen molar-refractivity contribution in [3.63, 3.8) is 0 Å². The minimum absolute atomic E-state index is 0. The van der Waals surface area contributed by atoms with Crippen LogP contribution in [-0.4, -0.2) is 61.9 Å². The molecule has 2 N–H and O–H groups in total. The third kappa shape index (κ3) is 7.90. The Morgan fingerprint density at radius 2 is 1.73 bits per heavy atom. The lowest BCUT2D eigenvalue weighted by Crippen LogP contribution is -2.55. The summed E-state index contributed by atoms with van der Waals surface area (Å²) in [4.78, 5) is 29.2. The first kappa shape index (κ1) is 33.0. The van der Waals surface area contributed by atoms with Crippen LogP contribution < -0.4 is 29.6 Å². The molecule has 12 heteroatoms. The second-order valence-corrected chi connectivity index (χ2v) is 12.1. The quantitative estimate of drug-likeness (QED) is 0.248. The highest BCUT2D eigenvalue weighted by Crippen LogP contribution is 2.39. The van der Waals surface area contributed by atoms with Gasteiger partial charge in [-0.2, -0.15) is 0 Å². The summed E-state index contributed by atoms with van der Waals surface area (Å²) in [6.07, 6.45) is 2.61. The number of para-hydroxylation sites is 1. The normalized spacial score (nSPS) is 18.5. The van der Waals surface area contributed by atoms with Gasteiger partial charge in [-0.3, -0.25) is 9.59 Å². The third-order valence-corrected chi connectivity index (χ3v) is 8.62. The first-order chi connectivity index (χ1) is 21.4. The lowest BCUT2D eigenvalue weighted by atomic mass is 9.91. The van der Waals surface area contributed by atoms with Crippen LogP contribution in [-0.2, 0) is 11.3 Å². The molecular formula is C33H36Cl3N3O6. The first-order valence-electron chi connectivity index (χ1n) is 14.9. The number of benzene rings is 3. The van der Waals surface area contributed by atoms with Crippen molar-refractivity contribution >= 4 is 47.4 Å². The smallest absolute Gasteiger partial charge is 0.251 e. The number of halogens is 3. The molecule has 0 spiro atoms. The topological polar surface area (TPSA) is 98.4 Å². The van der Waals surface area contributed by atoms with E-state index in [2.05, 4.69) is 10.6 Å². The SMILES string of the molecule is Cc1cc(Cl)c(OCCOc2ccc(C(=O)N[C@H]3CCNCC3C(=O)N(Cc3cccc4c3OCO4)C3CC3)cc2)c(Cl)c1.Cl. The van der Waals surface area contributed by atoms with E-state index in [0.717, 1.165) is 30.5 Å². The van der Waals surface area contributed by atoms with E-state index in [0.29, 0.717) is 58.1 Å². The van der Waals surface area contributed by atoms with Gasteiger partial charge >= 0.3 is 0 Å². The second-order valence-electron chi connectivity index (χ2n) is 11.3. The van der Waals surface area contributed by atoms with Crippen LogP contribution in [0, 0.1) is 12.8 Å². The standard InChI is InChI=1S/C33H35Cl2N3O6.ClH/c1-20-15-26(34)31(27(35)16-20)42-14-13-41-24-9-5-21(6-10-24)32(39)37-28-11-12-36-17-25(28)33(40)38(23-7-8-23)18-22-3-2-4-29-30(22)44-19-43-29;/h2-6,9-10,15-16,23,25,28,36H,7-8,11-14,17-19H2,1H3,(H,37,39);1H/t25?,28-;/m0./s1. The number of carbonyl (C=O) groups excluding carboxylic acids is 2. The predicted molar refractivity (Wildman–Crippen MR) is 174 cm³/mol. The maximum atomic E-state index is 13.9. The number of nitrogens with one attached hydrogen (secondary N) is 2. The van der Waals surface area contributed by atoms with Crippen molar-refractivity contribution in [2.75, 3.05) is 33.1 Å². The summed E-state index contributed by atoms with van der Waals surface area (Å²) < 4.78 is 22.7. The Morgan fingerprint density at radius 1 is 1.00 bits per heavy atom. The maximum absolute atomic E-state index is 13.9. The van der Waals surface area contributed by atoms with E-state index in [-0.39, 0.29) is 62.2 Å². The van der Waals surface area contributed by atoms with Gasteiger partial charge in [-0.1, -0.05) is 35.3 Å². The van der Waals surface area contributed by atoms with Crippen molar-refractivity contribution in [3.8, 4) is 23.0 Å². The number of rotatable bonds is 11. The zero-order valence-corrected chi connectivity index (χ0v) is 27.2. The molecule has 2 heterocycles. The fraction of sp³-hybridized carbons (Fsp3) is 0.394. The van der Waals surface area contributed by atoms with E-state index in [4.69, 9.17) is 42.1 Å². The molecule has 2 fully saturated rings. The monoisotopic (exact) mass is 675 g/mol. The molecule has 3 aromatic rings. The minimum Gasteiger partial charge on any atom is -0.490 e. The Morgan fingerprint density at radius 3 is 2.47 bits per heavy atom. The molecule has 1 unspecified atom stereocenters. The molecule has 45 heavy (non-hydrogen) atoms. The number of hydrogen-bond acceptors (Lipinski definition) is 7. The lowest BCUT2D eigenvalue weighted by molar-refractivity contribution is -0.138. The van der Waals surface area contributed by atoms with Crippen molar-refractivity contribution < 1.29 is 28.5 Å². The van der Waals surface area contributed by atoms with Crippen molar-refractivity contribution in [3.05, 3.63) is 81.3 Å². The Bertz CT molecular complexity index is 1500. The van der Waals surface area contributed by atoms with E-state index < -0.39 is 0 Å². The zero-order chi connectivity index (χ0) is 30.6. The molecule has 0 radical (unpaired) electrons. The molecule has 6 rings (SSSR count). The Labute approximate surface area is 278 Å². The van der Waals surface area contributed by atoms with Gasteiger partial charge in [0.15, 0.2) is 17.2 Å². The molecule has 2 atom stereocenters. The van der Waals surface area contributed by atoms with Crippen LogP contribution in [0.15, 0.2) is 54.6 Å². The van der Waals surface area contributed by atoms with Gasteiger partial charge in [-0.05, 0) is 80.8 Å². The van der Waals surface area contributed by atoms with Crippen molar-refractivity contribution in [1.82, 2.24) is 15.5 Å². The summed E-state index contributed by atoms with van der Waals surface area (Å²) in [5.41, 5.74) is 2.38. The highest BCUT2D eigenvalue weighted by molar-refractivity contribution is 6.37. The van der Waals surface area contributed by atoms with Crippen LogP contribution in [0.3, 0.4) is 0 Å². The zero-order valence-electron chi connectivity index (χ0n) is 24.9. The lowest BCUT2D eigenvalue weighted by Gasteiger charge is -2.36. The van der Waals surface area contributed by atoms with Gasteiger partial charge in [0.1, 0.15) is 19.0 Å². The molecule has 0 aromatic heterocycles.